The number of ketones is 2. The van der Waals surface area contributed by atoms with Gasteiger partial charge in [0.2, 0.25) is 0 Å². The molecule has 2 heterocycles. The Morgan fingerprint density at radius 1 is 1.17 bits per heavy atom. The van der Waals surface area contributed by atoms with Crippen molar-refractivity contribution in [3.8, 4) is 11.5 Å². The van der Waals surface area contributed by atoms with Gasteiger partial charge in [0.25, 0.3) is 5.78 Å². The van der Waals surface area contributed by atoms with Gasteiger partial charge in [0, 0.05) is 12.5 Å². The van der Waals surface area contributed by atoms with Crippen LogP contribution in [0.4, 0.5) is 5.13 Å². The fourth-order valence-electron chi connectivity index (χ4n) is 4.20. The molecule has 0 bridgehead atoms. The lowest BCUT2D eigenvalue weighted by molar-refractivity contribution is -0.132. The van der Waals surface area contributed by atoms with Crippen LogP contribution >= 0.6 is 27.3 Å². The van der Waals surface area contributed by atoms with E-state index in [4.69, 9.17) is 4.74 Å². The van der Waals surface area contributed by atoms with Crippen molar-refractivity contribution in [2.24, 2.45) is 0 Å². The van der Waals surface area contributed by atoms with Gasteiger partial charge >= 0.3 is 5.91 Å². The molecule has 1 saturated heterocycles. The predicted molar refractivity (Wildman–Crippen MR) is 140 cm³/mol. The number of phenolic OH excluding ortho intramolecular Hbond substituents is 1. The van der Waals surface area contributed by atoms with E-state index < -0.39 is 17.7 Å². The third kappa shape index (κ3) is 4.20. The minimum atomic E-state index is -1.10. The highest BCUT2D eigenvalue weighted by Crippen LogP contribution is 2.47. The molecule has 0 spiro atoms. The maximum atomic E-state index is 13.4. The van der Waals surface area contributed by atoms with Crippen molar-refractivity contribution >= 4 is 55.6 Å². The summed E-state index contributed by atoms with van der Waals surface area (Å²) in [7, 11) is 1.38. The highest BCUT2D eigenvalue weighted by atomic mass is 79.9. The maximum absolute atomic E-state index is 13.4. The van der Waals surface area contributed by atoms with E-state index in [2.05, 4.69) is 20.9 Å². The van der Waals surface area contributed by atoms with E-state index in [9.17, 15) is 24.6 Å². The van der Waals surface area contributed by atoms with Gasteiger partial charge in [-0.05, 0) is 66.0 Å². The molecule has 10 heteroatoms. The number of hydrogen-bond acceptors (Lipinski definition) is 8. The summed E-state index contributed by atoms with van der Waals surface area (Å²) in [6, 6.07) is 7.38. The third-order valence-electron chi connectivity index (χ3n) is 5.99. The van der Waals surface area contributed by atoms with E-state index in [0.717, 1.165) is 22.5 Å². The van der Waals surface area contributed by atoms with Crippen molar-refractivity contribution in [1.82, 2.24) is 4.98 Å². The summed E-state index contributed by atoms with van der Waals surface area (Å²) < 4.78 is 5.56. The molecule has 1 unspecified atom stereocenters. The van der Waals surface area contributed by atoms with E-state index in [1.54, 1.807) is 26.0 Å². The summed E-state index contributed by atoms with van der Waals surface area (Å²) in [5.41, 5.74) is 2.69. The molecule has 3 aromatic rings. The minimum absolute atomic E-state index is 0.108. The molecule has 0 aliphatic carbocycles. The van der Waals surface area contributed by atoms with Gasteiger partial charge in [-0.3, -0.25) is 19.3 Å². The fourth-order valence-corrected chi connectivity index (χ4v) is 5.65. The largest absolute Gasteiger partial charge is 0.507 e. The molecule has 186 valence electrons. The summed E-state index contributed by atoms with van der Waals surface area (Å²) in [4.78, 5) is 44.9. The number of ether oxygens (including phenoxy) is 1. The molecular formula is C26H23BrN2O6S. The number of aromatic nitrogens is 1. The number of phenols is 1. The number of nitrogens with zero attached hydrogens (tertiary/aromatic N) is 2. The first kappa shape index (κ1) is 25.6. The number of aromatic hydroxyl groups is 1. The summed E-state index contributed by atoms with van der Waals surface area (Å²) >= 11 is 4.29. The minimum Gasteiger partial charge on any atom is -0.507 e. The molecule has 8 nitrogen and oxygen atoms in total. The van der Waals surface area contributed by atoms with Crippen molar-refractivity contribution in [2.75, 3.05) is 12.0 Å². The van der Waals surface area contributed by atoms with Crippen LogP contribution in [-0.2, 0) is 9.59 Å². The molecular weight excluding hydrogens is 548 g/mol. The number of carbonyl (C=O) groups is 3. The normalized spacial score (nSPS) is 17.1. The molecule has 2 aromatic carbocycles. The Balaban J connectivity index is 2.04. The number of rotatable bonds is 5. The summed E-state index contributed by atoms with van der Waals surface area (Å²) in [6.07, 6.45) is 0. The van der Waals surface area contributed by atoms with Gasteiger partial charge in [0.15, 0.2) is 22.4 Å². The van der Waals surface area contributed by atoms with Crippen molar-refractivity contribution in [1.29, 1.82) is 0 Å². The predicted octanol–water partition coefficient (Wildman–Crippen LogP) is 5.37. The third-order valence-corrected chi connectivity index (χ3v) is 7.85. The molecule has 1 aromatic heterocycles. The first-order valence-corrected chi connectivity index (χ1v) is 12.5. The van der Waals surface area contributed by atoms with Crippen molar-refractivity contribution in [3.63, 3.8) is 0 Å². The SMILES string of the molecule is COc1cc(C2/C(=C(\O)c3cc(C)ccc3C)C(=O)C(=O)N2c2nc(C)c(C(C)=O)s2)cc(Br)c1O. The number of halogens is 1. The van der Waals surface area contributed by atoms with Crippen molar-refractivity contribution in [2.45, 2.75) is 33.7 Å². The van der Waals surface area contributed by atoms with Crippen LogP contribution in [0.3, 0.4) is 0 Å². The monoisotopic (exact) mass is 570 g/mol. The first-order chi connectivity index (χ1) is 17.0. The number of amides is 1. The molecule has 1 aliphatic heterocycles. The summed E-state index contributed by atoms with van der Waals surface area (Å²) in [5, 5.41) is 21.9. The van der Waals surface area contributed by atoms with Gasteiger partial charge in [-0.25, -0.2) is 4.98 Å². The molecule has 2 N–H and O–H groups in total. The fraction of sp³-hybridized carbons (Fsp3) is 0.231. The number of aliphatic hydroxyl groups is 1. The number of hydrogen-bond donors (Lipinski definition) is 2. The standard InChI is InChI=1S/C26H23BrN2O6S/c1-11-6-7-12(2)16(8-11)21(31)19-20(15-9-17(27)22(32)18(10-15)35-5)29(25(34)23(19)33)26-28-13(3)24(36-26)14(4)30/h6-10,20,31-32H,1-5H3/b21-19+. The average molecular weight is 571 g/mol. The van der Waals surface area contributed by atoms with E-state index in [1.807, 2.05) is 19.1 Å². The number of carbonyl (C=O) groups excluding carboxylic acids is 3. The molecule has 1 atom stereocenters. The maximum Gasteiger partial charge on any atom is 0.301 e. The van der Waals surface area contributed by atoms with E-state index in [1.165, 1.54) is 25.0 Å². The van der Waals surface area contributed by atoms with Gasteiger partial charge < -0.3 is 14.9 Å². The Kier molecular flexibility index (Phi) is 6.76. The van der Waals surface area contributed by atoms with Crippen LogP contribution in [0.5, 0.6) is 11.5 Å². The van der Waals surface area contributed by atoms with Crippen LogP contribution in [0.1, 0.15) is 50.6 Å². The lowest BCUT2D eigenvalue weighted by atomic mass is 9.93. The van der Waals surface area contributed by atoms with Gasteiger partial charge in [-0.1, -0.05) is 29.0 Å². The molecule has 1 fully saturated rings. The Labute approximate surface area is 220 Å². The highest BCUT2D eigenvalue weighted by Gasteiger charge is 2.49. The zero-order valence-electron chi connectivity index (χ0n) is 20.2. The van der Waals surface area contributed by atoms with E-state index in [-0.39, 0.29) is 38.2 Å². The van der Waals surface area contributed by atoms with Crippen LogP contribution in [-0.4, -0.2) is 39.8 Å². The zero-order chi connectivity index (χ0) is 26.5. The Morgan fingerprint density at radius 3 is 2.47 bits per heavy atom. The second kappa shape index (κ2) is 9.51. The second-order valence-corrected chi connectivity index (χ2v) is 10.3. The number of anilines is 1. The van der Waals surface area contributed by atoms with Crippen LogP contribution in [0.25, 0.3) is 5.76 Å². The first-order valence-electron chi connectivity index (χ1n) is 10.9. The molecule has 1 aliphatic rings. The van der Waals surface area contributed by atoms with E-state index in [0.29, 0.717) is 21.7 Å². The highest BCUT2D eigenvalue weighted by molar-refractivity contribution is 9.10. The van der Waals surface area contributed by atoms with Gasteiger partial charge in [0.05, 0.1) is 33.8 Å². The number of thiazole rings is 1. The number of Topliss-reactive ketones (excluding diaryl/α,β-unsaturated/α-hetero) is 2. The average Bonchev–Trinajstić information content (AvgIpc) is 3.33. The molecule has 4 rings (SSSR count). The quantitative estimate of drug-likeness (QED) is 0.183. The van der Waals surface area contributed by atoms with Crippen LogP contribution < -0.4 is 9.64 Å². The number of aryl methyl sites for hydroxylation is 3. The lowest BCUT2D eigenvalue weighted by Crippen LogP contribution is -2.29. The number of methoxy groups -OCH3 is 1. The zero-order valence-corrected chi connectivity index (χ0v) is 22.6. The molecule has 0 radical (unpaired) electrons. The molecule has 0 saturated carbocycles. The summed E-state index contributed by atoms with van der Waals surface area (Å²) in [6.45, 7) is 6.70. The van der Waals surface area contributed by atoms with Crippen LogP contribution in [0, 0.1) is 20.8 Å². The van der Waals surface area contributed by atoms with Crippen LogP contribution in [0.15, 0.2) is 40.4 Å². The Morgan fingerprint density at radius 2 is 1.86 bits per heavy atom. The second-order valence-electron chi connectivity index (χ2n) is 8.51. The molecule has 36 heavy (non-hydrogen) atoms. The van der Waals surface area contributed by atoms with Gasteiger partial charge in [0.1, 0.15) is 5.76 Å². The lowest BCUT2D eigenvalue weighted by Gasteiger charge is -2.24. The molecule has 1 amide bonds. The Bertz CT molecular complexity index is 1480. The number of aliphatic hydroxyl groups excluding tert-OH is 1. The Hall–Kier alpha value is -3.50. The smallest absolute Gasteiger partial charge is 0.301 e. The van der Waals surface area contributed by atoms with Crippen molar-refractivity contribution < 1.29 is 29.3 Å². The van der Waals surface area contributed by atoms with Crippen LogP contribution in [0.2, 0.25) is 0 Å². The van der Waals surface area contributed by atoms with Crippen molar-refractivity contribution in [3.05, 3.63) is 73.2 Å². The summed E-state index contributed by atoms with van der Waals surface area (Å²) in [5.74, 6) is -2.37. The van der Waals surface area contributed by atoms with Gasteiger partial charge in [-0.15, -0.1) is 0 Å². The van der Waals surface area contributed by atoms with E-state index >= 15 is 0 Å². The number of benzene rings is 2. The topological polar surface area (TPSA) is 117 Å². The van der Waals surface area contributed by atoms with Gasteiger partial charge in [-0.2, -0.15) is 0 Å².